The molecule has 0 bridgehead atoms. The van der Waals surface area contributed by atoms with Crippen LogP contribution in [-0.4, -0.2) is 32.3 Å². The topological polar surface area (TPSA) is 102 Å². The Hall–Kier alpha value is -3.03. The maximum absolute atomic E-state index is 13.3. The molecule has 0 radical (unpaired) electrons. The van der Waals surface area contributed by atoms with Crippen molar-refractivity contribution in [3.8, 4) is 11.4 Å². The van der Waals surface area contributed by atoms with E-state index < -0.39 is 17.6 Å². The van der Waals surface area contributed by atoms with Crippen molar-refractivity contribution in [3.63, 3.8) is 0 Å². The fourth-order valence-corrected chi connectivity index (χ4v) is 4.28. The largest absolute Gasteiger partial charge is 0.458 e. The van der Waals surface area contributed by atoms with Crippen LogP contribution in [0.2, 0.25) is 0 Å². The Bertz CT molecular complexity index is 1220. The SMILES string of the molecule is CC[C@@]1(O)C(=O)OCc2c1cc1n(c2=O)C(CO)c2cc3ccccc3nc2-1. The third-order valence-corrected chi connectivity index (χ3v) is 5.82. The number of pyridine rings is 2. The molecule has 7 nitrogen and oxygen atoms in total. The molecule has 4 heterocycles. The Kier molecular flexibility index (Phi) is 3.50. The second-order valence-electron chi connectivity index (χ2n) is 7.20. The van der Waals surface area contributed by atoms with Crippen molar-refractivity contribution in [1.29, 1.82) is 0 Å². The molecular weight excluding hydrogens is 360 g/mol. The van der Waals surface area contributed by atoms with Gasteiger partial charge in [-0.05, 0) is 24.6 Å². The van der Waals surface area contributed by atoms with Gasteiger partial charge in [0.15, 0.2) is 5.60 Å². The highest BCUT2D eigenvalue weighted by Gasteiger charge is 2.46. The molecule has 0 saturated carbocycles. The number of carbonyl (C=O) groups is 1. The van der Waals surface area contributed by atoms with E-state index in [1.807, 2.05) is 30.3 Å². The van der Waals surface area contributed by atoms with Gasteiger partial charge in [-0.25, -0.2) is 9.78 Å². The number of ether oxygens (including phenoxy) is 1. The van der Waals surface area contributed by atoms with E-state index in [0.29, 0.717) is 11.4 Å². The monoisotopic (exact) mass is 378 g/mol. The fourth-order valence-electron chi connectivity index (χ4n) is 4.28. The summed E-state index contributed by atoms with van der Waals surface area (Å²) in [5.74, 6) is -0.754. The van der Waals surface area contributed by atoms with Crippen molar-refractivity contribution in [2.24, 2.45) is 0 Å². The molecule has 1 aromatic carbocycles. The molecule has 7 heteroatoms. The van der Waals surface area contributed by atoms with E-state index >= 15 is 0 Å². The van der Waals surface area contributed by atoms with Gasteiger partial charge >= 0.3 is 5.97 Å². The molecule has 5 rings (SSSR count). The number of cyclic esters (lactones) is 1. The zero-order chi connectivity index (χ0) is 19.6. The third kappa shape index (κ3) is 2.03. The molecule has 2 aliphatic rings. The Morgan fingerprint density at radius 3 is 2.82 bits per heavy atom. The molecular formula is C21H18N2O5. The van der Waals surface area contributed by atoms with Crippen molar-refractivity contribution in [3.05, 3.63) is 63.4 Å². The molecule has 28 heavy (non-hydrogen) atoms. The number of rotatable bonds is 2. The lowest BCUT2D eigenvalue weighted by Crippen LogP contribution is -2.44. The van der Waals surface area contributed by atoms with Gasteiger partial charge in [-0.3, -0.25) is 9.36 Å². The highest BCUT2D eigenvalue weighted by Crippen LogP contribution is 2.42. The number of nitrogens with zero attached hydrogens (tertiary/aromatic N) is 2. The van der Waals surface area contributed by atoms with E-state index in [1.54, 1.807) is 13.0 Å². The summed E-state index contributed by atoms with van der Waals surface area (Å²) in [6.07, 6.45) is 0.0865. The number of hydrogen-bond acceptors (Lipinski definition) is 6. The highest BCUT2D eigenvalue weighted by molar-refractivity contribution is 5.86. The van der Waals surface area contributed by atoms with Gasteiger partial charge in [-0.15, -0.1) is 0 Å². The van der Waals surface area contributed by atoms with Crippen LogP contribution in [0.25, 0.3) is 22.3 Å². The molecule has 2 atom stereocenters. The first kappa shape index (κ1) is 17.1. The zero-order valence-electron chi connectivity index (χ0n) is 15.2. The first-order valence-electron chi connectivity index (χ1n) is 9.19. The number of hydrogen-bond donors (Lipinski definition) is 2. The summed E-state index contributed by atoms with van der Waals surface area (Å²) in [6.45, 7) is 1.20. The van der Waals surface area contributed by atoms with Crippen molar-refractivity contribution in [1.82, 2.24) is 9.55 Å². The minimum Gasteiger partial charge on any atom is -0.458 e. The smallest absolute Gasteiger partial charge is 0.343 e. The van der Waals surface area contributed by atoms with Crippen molar-refractivity contribution in [2.75, 3.05) is 6.61 Å². The second-order valence-corrected chi connectivity index (χ2v) is 7.20. The molecule has 2 aromatic heterocycles. The van der Waals surface area contributed by atoms with Gasteiger partial charge in [-0.2, -0.15) is 0 Å². The van der Waals surface area contributed by atoms with E-state index in [1.165, 1.54) is 4.57 Å². The number of benzene rings is 1. The average molecular weight is 378 g/mol. The fraction of sp³-hybridized carbons (Fsp3) is 0.286. The van der Waals surface area contributed by atoms with Gasteiger partial charge in [0.2, 0.25) is 0 Å². The summed E-state index contributed by atoms with van der Waals surface area (Å²) in [5, 5.41) is 21.8. The lowest BCUT2D eigenvalue weighted by atomic mass is 9.86. The summed E-state index contributed by atoms with van der Waals surface area (Å²) in [4.78, 5) is 30.2. The molecule has 2 N–H and O–H groups in total. The third-order valence-electron chi connectivity index (χ3n) is 5.82. The number of aliphatic hydroxyl groups is 2. The van der Waals surface area contributed by atoms with Crippen LogP contribution in [-0.2, 0) is 21.7 Å². The lowest BCUT2D eigenvalue weighted by molar-refractivity contribution is -0.172. The van der Waals surface area contributed by atoms with Crippen molar-refractivity contribution in [2.45, 2.75) is 31.6 Å². The number of esters is 1. The predicted molar refractivity (Wildman–Crippen MR) is 101 cm³/mol. The summed E-state index contributed by atoms with van der Waals surface area (Å²) >= 11 is 0. The van der Waals surface area contributed by atoms with E-state index in [4.69, 9.17) is 9.72 Å². The number of aromatic nitrogens is 2. The van der Waals surface area contributed by atoms with Gasteiger partial charge in [0, 0.05) is 16.5 Å². The van der Waals surface area contributed by atoms with Crippen LogP contribution in [0.15, 0.2) is 41.2 Å². The molecule has 0 fully saturated rings. The molecule has 0 amide bonds. The summed E-state index contributed by atoms with van der Waals surface area (Å²) in [5.41, 5.74) is 0.838. The highest BCUT2D eigenvalue weighted by atomic mass is 16.6. The normalized spacial score (nSPS) is 22.5. The predicted octanol–water partition coefficient (Wildman–Crippen LogP) is 1.61. The van der Waals surface area contributed by atoms with Crippen LogP contribution in [0.1, 0.15) is 36.1 Å². The van der Waals surface area contributed by atoms with Crippen LogP contribution in [0, 0.1) is 0 Å². The molecule has 0 aliphatic carbocycles. The van der Waals surface area contributed by atoms with Crippen LogP contribution in [0.5, 0.6) is 0 Å². The van der Waals surface area contributed by atoms with Crippen LogP contribution in [0.3, 0.4) is 0 Å². The van der Waals surface area contributed by atoms with Crippen molar-refractivity contribution < 1.29 is 19.7 Å². The van der Waals surface area contributed by atoms with Gasteiger partial charge in [0.25, 0.3) is 5.56 Å². The molecule has 0 spiro atoms. The van der Waals surface area contributed by atoms with Crippen molar-refractivity contribution >= 4 is 16.9 Å². The lowest BCUT2D eigenvalue weighted by Gasteiger charge is -2.32. The second kappa shape index (κ2) is 5.73. The average Bonchev–Trinajstić information content (AvgIpc) is 3.02. The van der Waals surface area contributed by atoms with Gasteiger partial charge in [-0.1, -0.05) is 25.1 Å². The number of para-hydroxylation sites is 1. The first-order chi connectivity index (χ1) is 13.5. The quantitative estimate of drug-likeness (QED) is 0.657. The minimum atomic E-state index is -1.86. The first-order valence-corrected chi connectivity index (χ1v) is 9.19. The maximum Gasteiger partial charge on any atom is 0.343 e. The summed E-state index contributed by atoms with van der Waals surface area (Å²) in [6, 6.07) is 10.6. The molecule has 3 aromatic rings. The Balaban J connectivity index is 1.86. The standard InChI is InChI=1S/C21H18N2O5/c1-2-21(27)14-8-16-18-12(7-11-5-3-4-6-15(11)22-18)17(9-24)23(16)19(25)13(14)10-28-20(21)26/h3-8,17,24,27H,2,9-10H2,1H3/t17?,21-/m0/s1. The summed E-state index contributed by atoms with van der Waals surface area (Å²) < 4.78 is 6.57. The number of aliphatic hydroxyl groups excluding tert-OH is 1. The van der Waals surface area contributed by atoms with Gasteiger partial charge in [0.1, 0.15) is 6.61 Å². The van der Waals surface area contributed by atoms with E-state index in [9.17, 15) is 19.8 Å². The van der Waals surface area contributed by atoms with Gasteiger partial charge < -0.3 is 14.9 Å². The Morgan fingerprint density at radius 1 is 1.29 bits per heavy atom. The molecule has 0 saturated heterocycles. The van der Waals surface area contributed by atoms with E-state index in [-0.39, 0.29) is 36.3 Å². The minimum absolute atomic E-state index is 0.0865. The number of carbonyl (C=O) groups excluding carboxylic acids is 1. The van der Waals surface area contributed by atoms with Crippen LogP contribution < -0.4 is 5.56 Å². The maximum atomic E-state index is 13.3. The Morgan fingerprint density at radius 2 is 2.07 bits per heavy atom. The Labute approximate surface area is 159 Å². The molecule has 1 unspecified atom stereocenters. The van der Waals surface area contributed by atoms with E-state index in [2.05, 4.69) is 0 Å². The van der Waals surface area contributed by atoms with Crippen LogP contribution in [0.4, 0.5) is 0 Å². The molecule has 142 valence electrons. The number of fused-ring (bicyclic) bond motifs is 5. The van der Waals surface area contributed by atoms with E-state index in [0.717, 1.165) is 16.5 Å². The van der Waals surface area contributed by atoms with Crippen LogP contribution >= 0.6 is 0 Å². The molecule has 2 aliphatic heterocycles. The zero-order valence-corrected chi connectivity index (χ0v) is 15.2. The van der Waals surface area contributed by atoms with Gasteiger partial charge in [0.05, 0.1) is 35.1 Å². The summed E-state index contributed by atoms with van der Waals surface area (Å²) in [7, 11) is 0.